The van der Waals surface area contributed by atoms with Crippen LogP contribution in [0.2, 0.25) is 0 Å². The normalized spacial score (nSPS) is 32.7. The third-order valence-corrected chi connectivity index (χ3v) is 2.71. The Morgan fingerprint density at radius 2 is 2.33 bits per heavy atom. The Kier molecular flexibility index (Phi) is 1.75. The second-order valence-corrected chi connectivity index (χ2v) is 3.40. The van der Waals surface area contributed by atoms with Crippen LogP contribution in [-0.4, -0.2) is 34.3 Å². The van der Waals surface area contributed by atoms with E-state index >= 15 is 0 Å². The molecule has 0 aromatic heterocycles. The van der Waals surface area contributed by atoms with Crippen LogP contribution in [0.5, 0.6) is 0 Å². The van der Waals surface area contributed by atoms with Gasteiger partial charge in [-0.3, -0.25) is 4.79 Å². The summed E-state index contributed by atoms with van der Waals surface area (Å²) in [7, 11) is 0. The van der Waals surface area contributed by atoms with Gasteiger partial charge in [0.25, 0.3) is 0 Å². The quantitative estimate of drug-likeness (QED) is 0.425. The van der Waals surface area contributed by atoms with E-state index in [4.69, 9.17) is 5.21 Å². The maximum Gasteiger partial charge on any atom is 0.222 e. The van der Waals surface area contributed by atoms with Gasteiger partial charge in [0.05, 0.1) is 5.71 Å². The SMILES string of the molecule is O=C1CCC2C/C(=N/O)CCN12. The van der Waals surface area contributed by atoms with E-state index in [1.165, 1.54) is 0 Å². The molecule has 2 fully saturated rings. The second kappa shape index (κ2) is 2.77. The molecule has 2 aliphatic heterocycles. The fourth-order valence-corrected chi connectivity index (χ4v) is 2.03. The molecule has 1 atom stereocenters. The van der Waals surface area contributed by atoms with Gasteiger partial charge < -0.3 is 10.1 Å². The first-order valence-corrected chi connectivity index (χ1v) is 4.30. The number of hydrogen-bond donors (Lipinski definition) is 1. The molecule has 2 rings (SSSR count). The molecule has 2 saturated heterocycles. The Morgan fingerprint density at radius 1 is 1.50 bits per heavy atom. The average molecular weight is 168 g/mol. The molecule has 4 nitrogen and oxygen atoms in total. The number of nitrogens with zero attached hydrogens (tertiary/aromatic N) is 2. The molecule has 66 valence electrons. The molecule has 0 spiro atoms. The van der Waals surface area contributed by atoms with Crippen LogP contribution in [0, 0.1) is 0 Å². The van der Waals surface area contributed by atoms with E-state index in [2.05, 4.69) is 5.16 Å². The maximum atomic E-state index is 11.2. The predicted octanol–water partition coefficient (Wildman–Crippen LogP) is 0.601. The van der Waals surface area contributed by atoms with Crippen LogP contribution in [0.15, 0.2) is 5.16 Å². The molecule has 12 heavy (non-hydrogen) atoms. The Labute approximate surface area is 70.8 Å². The molecule has 0 aromatic carbocycles. The van der Waals surface area contributed by atoms with Crippen molar-refractivity contribution >= 4 is 11.6 Å². The van der Waals surface area contributed by atoms with Gasteiger partial charge in [-0.1, -0.05) is 5.16 Å². The van der Waals surface area contributed by atoms with Crippen molar-refractivity contribution in [3.05, 3.63) is 0 Å². The number of fused-ring (bicyclic) bond motifs is 1. The van der Waals surface area contributed by atoms with E-state index in [9.17, 15) is 4.79 Å². The van der Waals surface area contributed by atoms with Gasteiger partial charge in [-0.15, -0.1) is 0 Å². The summed E-state index contributed by atoms with van der Waals surface area (Å²) in [5, 5.41) is 11.8. The van der Waals surface area contributed by atoms with Crippen molar-refractivity contribution in [2.24, 2.45) is 5.16 Å². The number of carbonyl (C=O) groups excluding carboxylic acids is 1. The number of hydrogen-bond acceptors (Lipinski definition) is 3. The van der Waals surface area contributed by atoms with Gasteiger partial charge in [-0.05, 0) is 6.42 Å². The lowest BCUT2D eigenvalue weighted by atomic mass is 10.0. The minimum Gasteiger partial charge on any atom is -0.411 e. The lowest BCUT2D eigenvalue weighted by molar-refractivity contribution is -0.129. The van der Waals surface area contributed by atoms with Crippen LogP contribution < -0.4 is 0 Å². The van der Waals surface area contributed by atoms with Gasteiger partial charge in [-0.2, -0.15) is 0 Å². The van der Waals surface area contributed by atoms with Crippen molar-refractivity contribution < 1.29 is 10.0 Å². The summed E-state index contributed by atoms with van der Waals surface area (Å²) in [6.07, 6.45) is 3.10. The Balaban J connectivity index is 2.09. The van der Waals surface area contributed by atoms with Gasteiger partial charge in [0.15, 0.2) is 0 Å². The number of amides is 1. The van der Waals surface area contributed by atoms with Gasteiger partial charge in [0, 0.05) is 31.8 Å². The van der Waals surface area contributed by atoms with E-state index in [0.717, 1.165) is 31.5 Å². The molecular formula is C8H12N2O2. The lowest BCUT2D eigenvalue weighted by Crippen LogP contribution is -2.40. The molecule has 0 saturated carbocycles. The summed E-state index contributed by atoms with van der Waals surface area (Å²) in [6.45, 7) is 0.739. The van der Waals surface area contributed by atoms with E-state index in [1.807, 2.05) is 4.90 Å². The standard InChI is InChI=1S/C8H12N2O2/c11-8-2-1-7-5-6(9-12)3-4-10(7)8/h7,12H,1-5H2/b9-6+. The van der Waals surface area contributed by atoms with Crippen molar-refractivity contribution in [3.63, 3.8) is 0 Å². The Hall–Kier alpha value is -1.06. The molecule has 0 bridgehead atoms. The van der Waals surface area contributed by atoms with Crippen molar-refractivity contribution in [1.29, 1.82) is 0 Å². The third-order valence-electron chi connectivity index (χ3n) is 2.71. The van der Waals surface area contributed by atoms with Crippen LogP contribution >= 0.6 is 0 Å². The minimum absolute atomic E-state index is 0.261. The highest BCUT2D eigenvalue weighted by atomic mass is 16.4. The molecule has 2 heterocycles. The summed E-state index contributed by atoms with van der Waals surface area (Å²) in [6, 6.07) is 0.317. The first-order valence-electron chi connectivity index (χ1n) is 4.30. The van der Waals surface area contributed by atoms with Gasteiger partial charge >= 0.3 is 0 Å². The lowest BCUT2D eigenvalue weighted by Gasteiger charge is -2.29. The van der Waals surface area contributed by atoms with E-state index in [-0.39, 0.29) is 5.91 Å². The van der Waals surface area contributed by atoms with Crippen molar-refractivity contribution in [3.8, 4) is 0 Å². The molecular weight excluding hydrogens is 156 g/mol. The van der Waals surface area contributed by atoms with Crippen molar-refractivity contribution in [2.45, 2.75) is 31.7 Å². The van der Waals surface area contributed by atoms with E-state index in [0.29, 0.717) is 12.5 Å². The highest BCUT2D eigenvalue weighted by molar-refractivity contribution is 5.89. The zero-order valence-corrected chi connectivity index (χ0v) is 6.86. The molecule has 0 aliphatic carbocycles. The summed E-state index contributed by atoms with van der Waals surface area (Å²) < 4.78 is 0. The molecule has 0 radical (unpaired) electrons. The first kappa shape index (κ1) is 7.58. The number of rotatable bonds is 0. The van der Waals surface area contributed by atoms with E-state index < -0.39 is 0 Å². The zero-order valence-electron chi connectivity index (χ0n) is 6.86. The predicted molar refractivity (Wildman–Crippen MR) is 43.2 cm³/mol. The van der Waals surface area contributed by atoms with Gasteiger partial charge in [-0.25, -0.2) is 0 Å². The third kappa shape index (κ3) is 1.07. The molecule has 1 amide bonds. The van der Waals surface area contributed by atoms with Gasteiger partial charge in [0.2, 0.25) is 5.91 Å². The largest absolute Gasteiger partial charge is 0.411 e. The number of oxime groups is 1. The number of piperidine rings is 1. The average Bonchev–Trinajstić information content (AvgIpc) is 2.47. The molecule has 4 heteroatoms. The molecule has 1 N–H and O–H groups in total. The second-order valence-electron chi connectivity index (χ2n) is 3.40. The molecule has 0 aromatic rings. The highest BCUT2D eigenvalue weighted by Gasteiger charge is 2.34. The van der Waals surface area contributed by atoms with Crippen LogP contribution in [0.25, 0.3) is 0 Å². The summed E-state index contributed by atoms with van der Waals surface area (Å²) in [5.74, 6) is 0.261. The fraction of sp³-hybridized carbons (Fsp3) is 0.750. The number of carbonyl (C=O) groups is 1. The maximum absolute atomic E-state index is 11.2. The summed E-state index contributed by atoms with van der Waals surface area (Å²) in [5.41, 5.74) is 0.839. The fourth-order valence-electron chi connectivity index (χ4n) is 2.03. The topological polar surface area (TPSA) is 52.9 Å². The first-order chi connectivity index (χ1) is 5.81. The molecule has 2 aliphatic rings. The highest BCUT2D eigenvalue weighted by Crippen LogP contribution is 2.26. The Morgan fingerprint density at radius 3 is 3.08 bits per heavy atom. The van der Waals surface area contributed by atoms with Crippen LogP contribution in [0.3, 0.4) is 0 Å². The Bertz CT molecular complexity index is 237. The van der Waals surface area contributed by atoms with Crippen LogP contribution in [0.4, 0.5) is 0 Å². The van der Waals surface area contributed by atoms with Crippen molar-refractivity contribution in [1.82, 2.24) is 4.90 Å². The zero-order chi connectivity index (χ0) is 8.55. The van der Waals surface area contributed by atoms with E-state index in [1.54, 1.807) is 0 Å². The van der Waals surface area contributed by atoms with Gasteiger partial charge in [0.1, 0.15) is 0 Å². The van der Waals surface area contributed by atoms with Crippen LogP contribution in [-0.2, 0) is 4.79 Å². The summed E-state index contributed by atoms with van der Waals surface area (Å²) >= 11 is 0. The minimum atomic E-state index is 0.261. The van der Waals surface area contributed by atoms with Crippen LogP contribution in [0.1, 0.15) is 25.7 Å². The molecule has 1 unspecified atom stereocenters. The smallest absolute Gasteiger partial charge is 0.222 e. The monoisotopic (exact) mass is 168 g/mol. The summed E-state index contributed by atoms with van der Waals surface area (Å²) in [4.78, 5) is 13.1. The van der Waals surface area contributed by atoms with Crippen molar-refractivity contribution in [2.75, 3.05) is 6.54 Å².